The van der Waals surface area contributed by atoms with Crippen LogP contribution in [0.1, 0.15) is 31.1 Å². The molecule has 3 heteroatoms. The van der Waals surface area contributed by atoms with Gasteiger partial charge in [-0.05, 0) is 18.1 Å². The van der Waals surface area contributed by atoms with Crippen molar-refractivity contribution in [3.63, 3.8) is 0 Å². The molecule has 0 aliphatic carbocycles. The van der Waals surface area contributed by atoms with Crippen molar-refractivity contribution >= 4 is 0 Å². The fourth-order valence-electron chi connectivity index (χ4n) is 1.90. The molecular weight excluding hydrogens is 200 g/mol. The minimum absolute atomic E-state index is 0.00241. The highest BCUT2D eigenvalue weighted by molar-refractivity contribution is 5.18. The number of aromatic nitrogens is 2. The molecule has 1 aromatic heterocycles. The third-order valence-corrected chi connectivity index (χ3v) is 2.79. The Morgan fingerprint density at radius 1 is 1.25 bits per heavy atom. The molecule has 0 bridgehead atoms. The van der Waals surface area contributed by atoms with E-state index in [2.05, 4.69) is 12.0 Å². The summed E-state index contributed by atoms with van der Waals surface area (Å²) in [5.41, 5.74) is 0.935. The number of nitrogens with zero attached hydrogens (tertiary/aromatic N) is 2. The Labute approximate surface area is 95.3 Å². The second kappa shape index (κ2) is 4.94. The van der Waals surface area contributed by atoms with Crippen LogP contribution in [0.2, 0.25) is 0 Å². The van der Waals surface area contributed by atoms with E-state index in [-0.39, 0.29) is 6.04 Å². The van der Waals surface area contributed by atoms with E-state index < -0.39 is 6.10 Å². The van der Waals surface area contributed by atoms with Crippen LogP contribution in [-0.4, -0.2) is 14.9 Å². The molecule has 1 aromatic carbocycles. The first kappa shape index (κ1) is 10.9. The lowest BCUT2D eigenvalue weighted by molar-refractivity contribution is 0.104. The predicted molar refractivity (Wildman–Crippen MR) is 63.0 cm³/mol. The molecule has 0 spiro atoms. The minimum atomic E-state index is -0.508. The van der Waals surface area contributed by atoms with Crippen molar-refractivity contribution in [3.8, 4) is 0 Å². The Morgan fingerprint density at radius 3 is 2.56 bits per heavy atom. The van der Waals surface area contributed by atoms with Gasteiger partial charge in [0.2, 0.25) is 0 Å². The fourth-order valence-corrected chi connectivity index (χ4v) is 1.90. The van der Waals surface area contributed by atoms with Gasteiger partial charge in [0, 0.05) is 12.4 Å². The summed E-state index contributed by atoms with van der Waals surface area (Å²) in [5, 5.41) is 14.5. The van der Waals surface area contributed by atoms with Gasteiger partial charge in [-0.2, -0.15) is 5.10 Å². The van der Waals surface area contributed by atoms with Crippen LogP contribution in [0, 0.1) is 0 Å². The van der Waals surface area contributed by atoms with E-state index in [9.17, 15) is 5.11 Å². The standard InChI is InChI=1S/C13H16N2O/c1-2-12(15-10-6-9-14-15)13(16)11-7-4-3-5-8-11/h3-10,12-13,16H,2H2,1H3. The van der Waals surface area contributed by atoms with Gasteiger partial charge in [-0.3, -0.25) is 4.68 Å². The van der Waals surface area contributed by atoms with E-state index in [4.69, 9.17) is 0 Å². The maximum atomic E-state index is 10.3. The number of benzene rings is 1. The molecule has 1 heterocycles. The normalized spacial score (nSPS) is 14.6. The third-order valence-electron chi connectivity index (χ3n) is 2.79. The van der Waals surface area contributed by atoms with Crippen molar-refractivity contribution < 1.29 is 5.11 Å². The summed E-state index contributed by atoms with van der Waals surface area (Å²) >= 11 is 0. The molecule has 84 valence electrons. The van der Waals surface area contributed by atoms with E-state index in [1.54, 1.807) is 6.20 Å². The van der Waals surface area contributed by atoms with Crippen molar-refractivity contribution in [1.29, 1.82) is 0 Å². The van der Waals surface area contributed by atoms with Gasteiger partial charge in [-0.15, -0.1) is 0 Å². The van der Waals surface area contributed by atoms with Crippen molar-refractivity contribution in [3.05, 3.63) is 54.4 Å². The van der Waals surface area contributed by atoms with Crippen molar-refractivity contribution in [2.45, 2.75) is 25.5 Å². The molecule has 2 atom stereocenters. The zero-order chi connectivity index (χ0) is 11.4. The van der Waals surface area contributed by atoms with Crippen LogP contribution in [0.25, 0.3) is 0 Å². The Balaban J connectivity index is 2.23. The average molecular weight is 216 g/mol. The van der Waals surface area contributed by atoms with Crippen LogP contribution in [0.15, 0.2) is 48.8 Å². The number of hydrogen-bond acceptors (Lipinski definition) is 2. The first-order valence-corrected chi connectivity index (χ1v) is 5.55. The molecule has 2 rings (SSSR count). The van der Waals surface area contributed by atoms with Gasteiger partial charge < -0.3 is 5.11 Å². The summed E-state index contributed by atoms with van der Waals surface area (Å²) in [6, 6.07) is 11.6. The maximum absolute atomic E-state index is 10.3. The van der Waals surface area contributed by atoms with Crippen LogP contribution in [-0.2, 0) is 0 Å². The second-order valence-electron chi connectivity index (χ2n) is 3.82. The lowest BCUT2D eigenvalue weighted by Gasteiger charge is -2.22. The van der Waals surface area contributed by atoms with Crippen LogP contribution in [0.5, 0.6) is 0 Å². The van der Waals surface area contributed by atoms with E-state index in [0.29, 0.717) is 0 Å². The molecule has 3 nitrogen and oxygen atoms in total. The topological polar surface area (TPSA) is 38.0 Å². The van der Waals surface area contributed by atoms with Crippen LogP contribution in [0.3, 0.4) is 0 Å². The van der Waals surface area contributed by atoms with Gasteiger partial charge in [-0.25, -0.2) is 0 Å². The number of aliphatic hydroxyl groups excluding tert-OH is 1. The van der Waals surface area contributed by atoms with E-state index >= 15 is 0 Å². The van der Waals surface area contributed by atoms with Crippen LogP contribution < -0.4 is 0 Å². The summed E-state index contributed by atoms with van der Waals surface area (Å²) in [4.78, 5) is 0. The van der Waals surface area contributed by atoms with Gasteiger partial charge >= 0.3 is 0 Å². The van der Waals surface area contributed by atoms with Gasteiger partial charge in [-0.1, -0.05) is 37.3 Å². The number of aliphatic hydroxyl groups is 1. The van der Waals surface area contributed by atoms with Gasteiger partial charge in [0.25, 0.3) is 0 Å². The summed E-state index contributed by atoms with van der Waals surface area (Å²) in [5.74, 6) is 0. The highest BCUT2D eigenvalue weighted by atomic mass is 16.3. The molecule has 1 N–H and O–H groups in total. The molecule has 0 radical (unpaired) electrons. The Hall–Kier alpha value is -1.61. The molecule has 2 unspecified atom stereocenters. The van der Waals surface area contributed by atoms with Crippen molar-refractivity contribution in [2.24, 2.45) is 0 Å². The van der Waals surface area contributed by atoms with Gasteiger partial charge in [0.1, 0.15) is 6.10 Å². The zero-order valence-corrected chi connectivity index (χ0v) is 9.32. The van der Waals surface area contributed by atoms with Crippen LogP contribution >= 0.6 is 0 Å². The molecule has 0 saturated carbocycles. The predicted octanol–water partition coefficient (Wildman–Crippen LogP) is 2.57. The first-order chi connectivity index (χ1) is 7.83. The molecule has 2 aromatic rings. The third kappa shape index (κ3) is 2.14. The summed E-state index contributed by atoms with van der Waals surface area (Å²) in [7, 11) is 0. The highest BCUT2D eigenvalue weighted by Crippen LogP contribution is 2.27. The Bertz CT molecular complexity index is 411. The largest absolute Gasteiger partial charge is 0.386 e. The van der Waals surface area contributed by atoms with Crippen molar-refractivity contribution in [2.75, 3.05) is 0 Å². The fraction of sp³-hybridized carbons (Fsp3) is 0.308. The Morgan fingerprint density at radius 2 is 2.00 bits per heavy atom. The monoisotopic (exact) mass is 216 g/mol. The average Bonchev–Trinajstić information content (AvgIpc) is 2.85. The van der Waals surface area contributed by atoms with Crippen LogP contribution in [0.4, 0.5) is 0 Å². The number of rotatable bonds is 4. The highest BCUT2D eigenvalue weighted by Gasteiger charge is 2.20. The maximum Gasteiger partial charge on any atom is 0.101 e. The smallest absolute Gasteiger partial charge is 0.101 e. The van der Waals surface area contributed by atoms with Crippen molar-refractivity contribution in [1.82, 2.24) is 9.78 Å². The quantitative estimate of drug-likeness (QED) is 0.853. The molecule has 0 aliphatic heterocycles. The van der Waals surface area contributed by atoms with Gasteiger partial charge in [0.05, 0.1) is 6.04 Å². The summed E-state index contributed by atoms with van der Waals surface area (Å²) in [6.45, 7) is 2.05. The molecule has 0 saturated heterocycles. The zero-order valence-electron chi connectivity index (χ0n) is 9.32. The molecule has 0 fully saturated rings. The first-order valence-electron chi connectivity index (χ1n) is 5.55. The second-order valence-corrected chi connectivity index (χ2v) is 3.82. The lowest BCUT2D eigenvalue weighted by Crippen LogP contribution is -2.17. The molecule has 16 heavy (non-hydrogen) atoms. The van der Waals surface area contributed by atoms with E-state index in [1.807, 2.05) is 47.3 Å². The summed E-state index contributed by atoms with van der Waals surface area (Å²) in [6.07, 6.45) is 3.96. The summed E-state index contributed by atoms with van der Waals surface area (Å²) < 4.78 is 1.82. The van der Waals surface area contributed by atoms with Gasteiger partial charge in [0.15, 0.2) is 0 Å². The molecule has 0 amide bonds. The molecule has 0 aliphatic rings. The molecular formula is C13H16N2O. The number of hydrogen-bond donors (Lipinski definition) is 1. The Kier molecular flexibility index (Phi) is 3.37. The SMILES string of the molecule is CCC(C(O)c1ccccc1)n1cccn1. The lowest BCUT2D eigenvalue weighted by atomic mass is 10.0. The minimum Gasteiger partial charge on any atom is -0.386 e. The van der Waals surface area contributed by atoms with E-state index in [1.165, 1.54) is 0 Å². The van der Waals surface area contributed by atoms with E-state index in [0.717, 1.165) is 12.0 Å².